The lowest BCUT2D eigenvalue weighted by molar-refractivity contribution is 0.0988. The number of rotatable bonds is 5. The van der Waals surface area contributed by atoms with Gasteiger partial charge in [0.15, 0.2) is 11.6 Å². The number of pyridine rings is 1. The number of Topliss-reactive ketones (excluding diaryl/α,β-unsaturated/α-hetero) is 1. The summed E-state index contributed by atoms with van der Waals surface area (Å²) in [5, 5.41) is 0. The SMILES string of the molecule is O=C(Cc1ccncc1)c1cc(C(=O)c2c(F)cccc2Br)c[nH]1. The third kappa shape index (κ3) is 3.33. The van der Waals surface area contributed by atoms with Gasteiger partial charge in [-0.15, -0.1) is 0 Å². The Bertz CT molecular complexity index is 886. The fraction of sp³-hybridized carbons (Fsp3) is 0.0556. The maximum atomic E-state index is 13.9. The van der Waals surface area contributed by atoms with Crippen molar-refractivity contribution in [3.05, 3.63) is 87.7 Å². The number of carbonyl (C=O) groups is 2. The van der Waals surface area contributed by atoms with Crippen LogP contribution in [0.5, 0.6) is 0 Å². The van der Waals surface area contributed by atoms with Crippen LogP contribution in [-0.2, 0) is 6.42 Å². The number of carbonyl (C=O) groups excluding carboxylic acids is 2. The minimum atomic E-state index is -0.611. The number of nitrogens with zero attached hydrogens (tertiary/aromatic N) is 1. The maximum Gasteiger partial charge on any atom is 0.198 e. The van der Waals surface area contributed by atoms with E-state index in [2.05, 4.69) is 25.9 Å². The van der Waals surface area contributed by atoms with Gasteiger partial charge in [0.05, 0.1) is 11.3 Å². The summed E-state index contributed by atoms with van der Waals surface area (Å²) in [5.41, 5.74) is 1.32. The highest BCUT2D eigenvalue weighted by atomic mass is 79.9. The highest BCUT2D eigenvalue weighted by Gasteiger charge is 2.20. The molecule has 0 atom stereocenters. The van der Waals surface area contributed by atoms with Gasteiger partial charge in [0.1, 0.15) is 5.82 Å². The first-order chi connectivity index (χ1) is 11.6. The fourth-order valence-corrected chi connectivity index (χ4v) is 2.85. The Balaban J connectivity index is 1.83. The Kier molecular flexibility index (Phi) is 4.66. The highest BCUT2D eigenvalue weighted by Crippen LogP contribution is 2.23. The molecular formula is C18H12BrFN2O2. The maximum absolute atomic E-state index is 13.9. The fourth-order valence-electron chi connectivity index (χ4n) is 2.33. The molecule has 24 heavy (non-hydrogen) atoms. The largest absolute Gasteiger partial charge is 0.358 e. The van der Waals surface area contributed by atoms with E-state index in [4.69, 9.17) is 0 Å². The Labute approximate surface area is 145 Å². The zero-order chi connectivity index (χ0) is 17.1. The zero-order valence-electron chi connectivity index (χ0n) is 12.4. The molecule has 0 aliphatic carbocycles. The van der Waals surface area contributed by atoms with Gasteiger partial charge in [-0.2, -0.15) is 0 Å². The summed E-state index contributed by atoms with van der Waals surface area (Å²) < 4.78 is 14.3. The number of benzene rings is 1. The number of halogens is 2. The lowest BCUT2D eigenvalue weighted by Crippen LogP contribution is -2.05. The summed E-state index contributed by atoms with van der Waals surface area (Å²) in [6.07, 6.45) is 4.84. The number of H-pyrrole nitrogens is 1. The Hall–Kier alpha value is -2.60. The lowest BCUT2D eigenvalue weighted by Gasteiger charge is -2.03. The van der Waals surface area contributed by atoms with Crippen molar-refractivity contribution in [1.82, 2.24) is 9.97 Å². The second-order valence-electron chi connectivity index (χ2n) is 5.18. The van der Waals surface area contributed by atoms with Crippen LogP contribution in [0.2, 0.25) is 0 Å². The third-order valence-electron chi connectivity index (χ3n) is 3.55. The number of aromatic amines is 1. The molecule has 3 rings (SSSR count). The normalized spacial score (nSPS) is 10.6. The van der Waals surface area contributed by atoms with E-state index in [1.165, 1.54) is 24.4 Å². The molecule has 0 fully saturated rings. The van der Waals surface area contributed by atoms with Crippen LogP contribution in [0.1, 0.15) is 32.0 Å². The average Bonchev–Trinajstić information content (AvgIpc) is 3.05. The molecule has 0 aliphatic rings. The van der Waals surface area contributed by atoms with E-state index in [-0.39, 0.29) is 23.3 Å². The van der Waals surface area contributed by atoms with E-state index < -0.39 is 11.6 Å². The van der Waals surface area contributed by atoms with Gasteiger partial charge in [0.25, 0.3) is 0 Å². The zero-order valence-corrected chi connectivity index (χ0v) is 14.0. The van der Waals surface area contributed by atoms with E-state index in [1.807, 2.05) is 0 Å². The van der Waals surface area contributed by atoms with Crippen LogP contribution < -0.4 is 0 Å². The molecule has 0 saturated carbocycles. The van der Waals surface area contributed by atoms with Crippen molar-refractivity contribution in [2.75, 3.05) is 0 Å². The van der Waals surface area contributed by atoms with Gasteiger partial charge >= 0.3 is 0 Å². The average molecular weight is 387 g/mol. The minimum Gasteiger partial charge on any atom is -0.358 e. The molecule has 4 nitrogen and oxygen atoms in total. The van der Waals surface area contributed by atoms with Crippen LogP contribution in [0.4, 0.5) is 4.39 Å². The molecule has 0 unspecified atom stereocenters. The van der Waals surface area contributed by atoms with E-state index in [9.17, 15) is 14.0 Å². The summed E-state index contributed by atoms with van der Waals surface area (Å²) in [5.74, 6) is -1.26. The van der Waals surface area contributed by atoms with Gasteiger partial charge in [0, 0.05) is 35.0 Å². The summed E-state index contributed by atoms with van der Waals surface area (Å²) in [4.78, 5) is 31.4. The topological polar surface area (TPSA) is 62.8 Å². The number of hydrogen-bond acceptors (Lipinski definition) is 3. The van der Waals surface area contributed by atoms with Crippen LogP contribution in [0.3, 0.4) is 0 Å². The Morgan fingerprint density at radius 3 is 2.62 bits per heavy atom. The van der Waals surface area contributed by atoms with E-state index in [0.717, 1.165) is 5.56 Å². The molecule has 0 bridgehead atoms. The monoisotopic (exact) mass is 386 g/mol. The first-order valence-electron chi connectivity index (χ1n) is 7.15. The van der Waals surface area contributed by atoms with Crippen LogP contribution in [0.15, 0.2) is 59.5 Å². The van der Waals surface area contributed by atoms with E-state index in [0.29, 0.717) is 10.2 Å². The molecular weight excluding hydrogens is 375 g/mol. The summed E-state index contributed by atoms with van der Waals surface area (Å²) in [6, 6.07) is 9.28. The molecule has 0 radical (unpaired) electrons. The molecule has 1 aromatic carbocycles. The summed E-state index contributed by atoms with van der Waals surface area (Å²) >= 11 is 3.18. The Morgan fingerprint density at radius 2 is 1.92 bits per heavy atom. The van der Waals surface area contributed by atoms with Gasteiger partial charge in [-0.3, -0.25) is 14.6 Å². The lowest BCUT2D eigenvalue weighted by atomic mass is 10.0. The first kappa shape index (κ1) is 16.3. The molecule has 0 spiro atoms. The van der Waals surface area contributed by atoms with Gasteiger partial charge in [0.2, 0.25) is 0 Å². The standard InChI is InChI=1S/C18H12BrFN2O2/c19-13-2-1-3-14(20)17(13)18(24)12-9-15(22-10-12)16(23)8-11-4-6-21-7-5-11/h1-7,9-10,22H,8H2. The number of nitrogens with one attached hydrogen (secondary N) is 1. The number of aromatic nitrogens is 2. The number of ketones is 2. The van der Waals surface area contributed by atoms with Crippen molar-refractivity contribution in [2.24, 2.45) is 0 Å². The van der Waals surface area contributed by atoms with Gasteiger partial charge in [-0.05, 0) is 51.8 Å². The van der Waals surface area contributed by atoms with Gasteiger partial charge in [-0.1, -0.05) is 6.07 Å². The number of hydrogen-bond donors (Lipinski definition) is 1. The smallest absolute Gasteiger partial charge is 0.198 e. The molecule has 3 aromatic rings. The molecule has 1 N–H and O–H groups in total. The van der Waals surface area contributed by atoms with Gasteiger partial charge in [-0.25, -0.2) is 4.39 Å². The van der Waals surface area contributed by atoms with Crippen LogP contribution in [0, 0.1) is 5.82 Å². The molecule has 6 heteroatoms. The van der Waals surface area contributed by atoms with Crippen molar-refractivity contribution in [3.8, 4) is 0 Å². The highest BCUT2D eigenvalue weighted by molar-refractivity contribution is 9.10. The minimum absolute atomic E-state index is 0.0513. The van der Waals surface area contributed by atoms with Crippen molar-refractivity contribution >= 4 is 27.5 Å². The van der Waals surface area contributed by atoms with Crippen molar-refractivity contribution in [3.63, 3.8) is 0 Å². The third-order valence-corrected chi connectivity index (χ3v) is 4.21. The first-order valence-corrected chi connectivity index (χ1v) is 7.95. The second kappa shape index (κ2) is 6.88. The molecule has 2 aromatic heterocycles. The van der Waals surface area contributed by atoms with Crippen LogP contribution in [-0.4, -0.2) is 21.5 Å². The molecule has 0 saturated heterocycles. The van der Waals surface area contributed by atoms with Crippen molar-refractivity contribution in [2.45, 2.75) is 6.42 Å². The predicted octanol–water partition coefficient (Wildman–Crippen LogP) is 3.97. The quantitative estimate of drug-likeness (QED) is 0.674. The molecule has 2 heterocycles. The van der Waals surface area contributed by atoms with Crippen molar-refractivity contribution < 1.29 is 14.0 Å². The van der Waals surface area contributed by atoms with Gasteiger partial charge < -0.3 is 4.98 Å². The molecule has 120 valence electrons. The summed E-state index contributed by atoms with van der Waals surface area (Å²) in [7, 11) is 0. The second-order valence-corrected chi connectivity index (χ2v) is 6.04. The van der Waals surface area contributed by atoms with Crippen LogP contribution in [0.25, 0.3) is 0 Å². The van der Waals surface area contributed by atoms with Crippen LogP contribution >= 0.6 is 15.9 Å². The van der Waals surface area contributed by atoms with E-state index in [1.54, 1.807) is 30.6 Å². The van der Waals surface area contributed by atoms with Crippen molar-refractivity contribution in [1.29, 1.82) is 0 Å². The predicted molar refractivity (Wildman–Crippen MR) is 90.6 cm³/mol. The summed E-state index contributed by atoms with van der Waals surface area (Å²) in [6.45, 7) is 0. The van der Waals surface area contributed by atoms with E-state index >= 15 is 0 Å². The Morgan fingerprint density at radius 1 is 1.17 bits per heavy atom. The molecule has 0 amide bonds. The molecule has 0 aliphatic heterocycles.